The summed E-state index contributed by atoms with van der Waals surface area (Å²) in [5.41, 5.74) is 0.870. The van der Waals surface area contributed by atoms with Crippen LogP contribution in [0.15, 0.2) is 78.4 Å². The van der Waals surface area contributed by atoms with Crippen molar-refractivity contribution in [1.29, 1.82) is 0 Å². The Bertz CT molecular complexity index is 1390. The van der Waals surface area contributed by atoms with Crippen molar-refractivity contribution in [1.82, 2.24) is 0 Å². The minimum Gasteiger partial charge on any atom is -0.507 e. The molecule has 0 radical (unpaired) electrons. The van der Waals surface area contributed by atoms with Gasteiger partial charge in [-0.1, -0.05) is 12.1 Å². The number of aliphatic hydroxyl groups excluding tert-OH is 1. The Balaban J connectivity index is 1.85. The number of hydrogen-bond donors (Lipinski definition) is 1. The fourth-order valence-electron chi connectivity index (χ4n) is 4.07. The van der Waals surface area contributed by atoms with E-state index in [-0.39, 0.29) is 29.0 Å². The highest BCUT2D eigenvalue weighted by Gasteiger charge is 2.47. The molecule has 0 spiro atoms. The van der Waals surface area contributed by atoms with Crippen molar-refractivity contribution in [3.8, 4) is 5.75 Å². The van der Waals surface area contributed by atoms with Gasteiger partial charge < -0.3 is 14.6 Å². The molecule has 3 aromatic rings. The summed E-state index contributed by atoms with van der Waals surface area (Å²) >= 11 is 0. The summed E-state index contributed by atoms with van der Waals surface area (Å²) in [6, 6.07) is 16.6. The summed E-state index contributed by atoms with van der Waals surface area (Å²) in [4.78, 5) is 50.2. The fraction of sp³-hybridized carbons (Fsp3) is 0.148. The van der Waals surface area contributed by atoms with Gasteiger partial charge in [0.25, 0.3) is 17.4 Å². The molecule has 188 valence electrons. The van der Waals surface area contributed by atoms with Gasteiger partial charge in [-0.3, -0.25) is 24.6 Å². The van der Waals surface area contributed by atoms with E-state index in [9.17, 15) is 29.6 Å². The molecule has 1 amide bonds. The van der Waals surface area contributed by atoms with E-state index < -0.39 is 34.4 Å². The second kappa shape index (κ2) is 10.3. The molecule has 1 saturated heterocycles. The molecule has 3 aromatic carbocycles. The minimum absolute atomic E-state index is 0.139. The van der Waals surface area contributed by atoms with Gasteiger partial charge in [-0.2, -0.15) is 0 Å². The second-order valence-corrected chi connectivity index (χ2v) is 8.01. The van der Waals surface area contributed by atoms with E-state index in [0.717, 1.165) is 0 Å². The lowest BCUT2D eigenvalue weighted by atomic mass is 9.95. The Kier molecular flexibility index (Phi) is 7.01. The number of anilines is 1. The number of carbonyl (C=O) groups is 3. The second-order valence-electron chi connectivity index (χ2n) is 8.01. The van der Waals surface area contributed by atoms with Gasteiger partial charge in [0.05, 0.1) is 35.8 Å². The SMILES string of the molecule is CCOC(=O)c1ccc(N2C(=O)C(=O)/C(=C(\O)c3ccc([N+](=O)[O-])cc3)[C@@H]2c2ccc(OC)cc2)cc1. The number of ketones is 1. The van der Waals surface area contributed by atoms with E-state index in [4.69, 9.17) is 9.47 Å². The summed E-state index contributed by atoms with van der Waals surface area (Å²) in [5, 5.41) is 22.1. The van der Waals surface area contributed by atoms with Gasteiger partial charge in [0.15, 0.2) is 0 Å². The number of benzene rings is 3. The van der Waals surface area contributed by atoms with Crippen LogP contribution in [0.5, 0.6) is 5.75 Å². The number of ether oxygens (including phenoxy) is 2. The van der Waals surface area contributed by atoms with Crippen molar-refractivity contribution in [3.05, 3.63) is 105 Å². The predicted octanol–water partition coefficient (Wildman–Crippen LogP) is 4.41. The maximum Gasteiger partial charge on any atom is 0.338 e. The van der Waals surface area contributed by atoms with E-state index in [0.29, 0.717) is 17.0 Å². The number of esters is 1. The highest BCUT2D eigenvalue weighted by Crippen LogP contribution is 2.42. The number of rotatable bonds is 7. The topological polar surface area (TPSA) is 136 Å². The first-order valence-electron chi connectivity index (χ1n) is 11.2. The summed E-state index contributed by atoms with van der Waals surface area (Å²) in [5.74, 6) is -2.25. The quantitative estimate of drug-likeness (QED) is 0.125. The molecule has 0 bridgehead atoms. The van der Waals surface area contributed by atoms with Crippen LogP contribution in [0, 0.1) is 10.1 Å². The van der Waals surface area contributed by atoms with Gasteiger partial charge in [-0.05, 0) is 61.0 Å². The molecule has 1 fully saturated rings. The molecule has 1 aliphatic rings. The monoisotopic (exact) mass is 502 g/mol. The van der Waals surface area contributed by atoms with Crippen molar-refractivity contribution in [2.24, 2.45) is 0 Å². The van der Waals surface area contributed by atoms with Crippen molar-refractivity contribution < 1.29 is 33.9 Å². The molecule has 37 heavy (non-hydrogen) atoms. The number of nitro groups is 1. The summed E-state index contributed by atoms with van der Waals surface area (Å²) in [6.07, 6.45) is 0. The Morgan fingerprint density at radius 1 is 0.973 bits per heavy atom. The van der Waals surface area contributed by atoms with Gasteiger partial charge in [0.2, 0.25) is 0 Å². The lowest BCUT2D eigenvalue weighted by molar-refractivity contribution is -0.384. The van der Waals surface area contributed by atoms with Crippen LogP contribution in [-0.2, 0) is 14.3 Å². The Hall–Kier alpha value is -4.99. The molecule has 1 heterocycles. The van der Waals surface area contributed by atoms with Gasteiger partial charge in [-0.25, -0.2) is 4.79 Å². The first-order chi connectivity index (χ1) is 17.8. The number of non-ortho nitro benzene ring substituents is 1. The molecular weight excluding hydrogens is 480 g/mol. The predicted molar refractivity (Wildman–Crippen MR) is 133 cm³/mol. The average molecular weight is 502 g/mol. The third-order valence-corrected chi connectivity index (χ3v) is 5.88. The lowest BCUT2D eigenvalue weighted by Crippen LogP contribution is -2.29. The molecule has 0 aliphatic carbocycles. The Labute approximate surface area is 211 Å². The highest BCUT2D eigenvalue weighted by molar-refractivity contribution is 6.51. The zero-order valence-corrected chi connectivity index (χ0v) is 19.9. The van der Waals surface area contributed by atoms with Crippen LogP contribution < -0.4 is 9.64 Å². The van der Waals surface area contributed by atoms with Crippen LogP contribution in [0.3, 0.4) is 0 Å². The summed E-state index contributed by atoms with van der Waals surface area (Å²) in [6.45, 7) is 1.89. The molecule has 1 atom stereocenters. The zero-order chi connectivity index (χ0) is 26.7. The maximum absolute atomic E-state index is 13.2. The van der Waals surface area contributed by atoms with E-state index in [1.54, 1.807) is 31.2 Å². The number of carbonyl (C=O) groups excluding carboxylic acids is 3. The molecule has 1 N–H and O–H groups in total. The van der Waals surface area contributed by atoms with Crippen molar-refractivity contribution >= 4 is 34.8 Å². The fourth-order valence-corrected chi connectivity index (χ4v) is 4.07. The van der Waals surface area contributed by atoms with Gasteiger partial charge in [0.1, 0.15) is 11.5 Å². The third kappa shape index (κ3) is 4.76. The highest BCUT2D eigenvalue weighted by atomic mass is 16.6. The van der Waals surface area contributed by atoms with Crippen molar-refractivity contribution in [3.63, 3.8) is 0 Å². The molecule has 1 aliphatic heterocycles. The molecule has 4 rings (SSSR count). The number of amides is 1. The average Bonchev–Trinajstić information content (AvgIpc) is 3.18. The molecule has 10 nitrogen and oxygen atoms in total. The van der Waals surface area contributed by atoms with Crippen LogP contribution in [0.4, 0.5) is 11.4 Å². The third-order valence-electron chi connectivity index (χ3n) is 5.88. The first kappa shape index (κ1) is 25.1. The van der Waals surface area contributed by atoms with Gasteiger partial charge in [-0.15, -0.1) is 0 Å². The minimum atomic E-state index is -1.02. The van der Waals surface area contributed by atoms with Crippen LogP contribution in [0.1, 0.15) is 34.5 Å². The standard InChI is InChI=1S/C27H22N2O8/c1-3-37-27(33)18-6-10-19(11-7-18)28-23(16-8-14-21(36-2)15-9-16)22(25(31)26(28)32)24(30)17-4-12-20(13-5-17)29(34)35/h4-15,23,30H,3H2,1-2H3/b24-22-/t23-/m0/s1. The molecule has 0 unspecified atom stereocenters. The van der Waals surface area contributed by atoms with Gasteiger partial charge >= 0.3 is 5.97 Å². The Morgan fingerprint density at radius 2 is 1.57 bits per heavy atom. The number of nitro benzene ring substituents is 1. The van der Waals surface area contributed by atoms with Crippen molar-refractivity contribution in [2.75, 3.05) is 18.6 Å². The van der Waals surface area contributed by atoms with Crippen LogP contribution >= 0.6 is 0 Å². The van der Waals surface area contributed by atoms with E-state index in [2.05, 4.69) is 0 Å². The summed E-state index contributed by atoms with van der Waals surface area (Å²) < 4.78 is 10.2. The smallest absolute Gasteiger partial charge is 0.338 e. The number of methoxy groups -OCH3 is 1. The zero-order valence-electron chi connectivity index (χ0n) is 19.9. The van der Waals surface area contributed by atoms with E-state index >= 15 is 0 Å². The van der Waals surface area contributed by atoms with Crippen molar-refractivity contribution in [2.45, 2.75) is 13.0 Å². The largest absolute Gasteiger partial charge is 0.507 e. The van der Waals surface area contributed by atoms with Crippen LogP contribution in [0.2, 0.25) is 0 Å². The Morgan fingerprint density at radius 3 is 2.11 bits per heavy atom. The molecular formula is C27H22N2O8. The normalized spacial score (nSPS) is 16.5. The number of nitrogens with zero attached hydrogens (tertiary/aromatic N) is 2. The van der Waals surface area contributed by atoms with Crippen LogP contribution in [0.25, 0.3) is 5.76 Å². The molecule has 0 aromatic heterocycles. The summed E-state index contributed by atoms with van der Waals surface area (Å²) in [7, 11) is 1.50. The molecule has 10 heteroatoms. The van der Waals surface area contributed by atoms with E-state index in [1.165, 1.54) is 60.5 Å². The number of hydrogen-bond acceptors (Lipinski definition) is 8. The lowest BCUT2D eigenvalue weighted by Gasteiger charge is -2.25. The number of Topliss-reactive ketones (excluding diaryl/α,β-unsaturated/α-hetero) is 1. The van der Waals surface area contributed by atoms with Crippen LogP contribution in [-0.4, -0.2) is 41.4 Å². The number of aliphatic hydroxyl groups is 1. The van der Waals surface area contributed by atoms with E-state index in [1.807, 2.05) is 0 Å². The molecule has 0 saturated carbocycles. The maximum atomic E-state index is 13.2. The van der Waals surface area contributed by atoms with Gasteiger partial charge in [0, 0.05) is 23.4 Å². The first-order valence-corrected chi connectivity index (χ1v) is 11.2.